The molecule has 3 aromatic rings. The Kier molecular flexibility index (Phi) is 5.33. The van der Waals surface area contributed by atoms with Crippen molar-refractivity contribution in [1.29, 1.82) is 0 Å². The van der Waals surface area contributed by atoms with Crippen LogP contribution >= 0.6 is 23.2 Å². The van der Waals surface area contributed by atoms with Crippen molar-refractivity contribution >= 4 is 51.9 Å². The summed E-state index contributed by atoms with van der Waals surface area (Å²) in [6, 6.07) is 7.27. The SMILES string of the molecule is O=[N+]([O-])c1c(Nc2ccc(Cl)c(Cl)c2)ncnc1Nc1ccc(F)cc1F. The van der Waals surface area contributed by atoms with Crippen molar-refractivity contribution in [2.45, 2.75) is 0 Å². The Morgan fingerprint density at radius 3 is 2.30 bits per heavy atom. The fourth-order valence-electron chi connectivity index (χ4n) is 2.16. The molecule has 11 heteroatoms. The van der Waals surface area contributed by atoms with Gasteiger partial charge in [0.25, 0.3) is 0 Å². The summed E-state index contributed by atoms with van der Waals surface area (Å²) in [5.74, 6) is -2.14. The third-order valence-electron chi connectivity index (χ3n) is 3.37. The van der Waals surface area contributed by atoms with Gasteiger partial charge in [0.05, 0.1) is 20.7 Å². The van der Waals surface area contributed by atoms with E-state index in [2.05, 4.69) is 20.6 Å². The maximum atomic E-state index is 13.8. The molecule has 0 aliphatic heterocycles. The second-order valence-electron chi connectivity index (χ2n) is 5.18. The van der Waals surface area contributed by atoms with Gasteiger partial charge in [0.2, 0.25) is 11.6 Å². The minimum Gasteiger partial charge on any atom is -0.334 e. The lowest BCUT2D eigenvalue weighted by Crippen LogP contribution is -2.06. The first kappa shape index (κ1) is 18.7. The van der Waals surface area contributed by atoms with Gasteiger partial charge in [-0.25, -0.2) is 18.7 Å². The van der Waals surface area contributed by atoms with E-state index in [-0.39, 0.29) is 22.3 Å². The first-order valence-electron chi connectivity index (χ1n) is 7.28. The molecular weight excluding hydrogens is 403 g/mol. The molecule has 0 amide bonds. The Balaban J connectivity index is 1.99. The molecule has 1 aromatic heterocycles. The molecule has 0 radical (unpaired) electrons. The zero-order valence-electron chi connectivity index (χ0n) is 13.2. The Bertz CT molecular complexity index is 1040. The van der Waals surface area contributed by atoms with Crippen LogP contribution in [0.4, 0.5) is 37.5 Å². The van der Waals surface area contributed by atoms with Crippen LogP contribution in [0.5, 0.6) is 0 Å². The summed E-state index contributed by atoms with van der Waals surface area (Å²) in [4.78, 5) is 18.4. The quantitative estimate of drug-likeness (QED) is 0.427. The van der Waals surface area contributed by atoms with Crippen molar-refractivity contribution in [3.8, 4) is 0 Å². The van der Waals surface area contributed by atoms with E-state index in [9.17, 15) is 18.9 Å². The van der Waals surface area contributed by atoms with Crippen molar-refractivity contribution in [2.75, 3.05) is 10.6 Å². The van der Waals surface area contributed by atoms with Crippen molar-refractivity contribution in [3.05, 3.63) is 74.5 Å². The van der Waals surface area contributed by atoms with E-state index >= 15 is 0 Å². The van der Waals surface area contributed by atoms with E-state index in [1.807, 2.05) is 0 Å². The summed E-state index contributed by atoms with van der Waals surface area (Å²) in [6.07, 6.45) is 1.05. The predicted molar refractivity (Wildman–Crippen MR) is 98.1 cm³/mol. The summed E-state index contributed by atoms with van der Waals surface area (Å²) in [7, 11) is 0. The Morgan fingerprint density at radius 1 is 0.963 bits per heavy atom. The summed E-state index contributed by atoms with van der Waals surface area (Å²) in [5, 5.41) is 17.3. The van der Waals surface area contributed by atoms with Gasteiger partial charge in [-0.05, 0) is 30.3 Å². The highest BCUT2D eigenvalue weighted by molar-refractivity contribution is 6.42. The number of nitro groups is 1. The van der Waals surface area contributed by atoms with Crippen molar-refractivity contribution in [2.24, 2.45) is 0 Å². The van der Waals surface area contributed by atoms with E-state index in [4.69, 9.17) is 23.2 Å². The van der Waals surface area contributed by atoms with Gasteiger partial charge in [-0.1, -0.05) is 23.2 Å². The molecule has 27 heavy (non-hydrogen) atoms. The zero-order valence-corrected chi connectivity index (χ0v) is 14.7. The standard InChI is InChI=1S/C16H9Cl2F2N5O2/c17-10-3-2-9(6-11(10)18)23-15-14(25(26)27)16(22-7-21-15)24-13-4-1-8(19)5-12(13)20/h1-7H,(H2,21,22,23,24). The Labute approximate surface area is 161 Å². The average Bonchev–Trinajstić information content (AvgIpc) is 2.60. The van der Waals surface area contributed by atoms with Gasteiger partial charge < -0.3 is 10.6 Å². The summed E-state index contributed by atoms with van der Waals surface area (Å²) >= 11 is 11.8. The Hall–Kier alpha value is -3.04. The van der Waals surface area contributed by atoms with E-state index in [0.29, 0.717) is 16.8 Å². The van der Waals surface area contributed by atoms with Gasteiger partial charge >= 0.3 is 5.69 Å². The lowest BCUT2D eigenvalue weighted by molar-refractivity contribution is -0.383. The summed E-state index contributed by atoms with van der Waals surface area (Å²) in [6.45, 7) is 0. The van der Waals surface area contributed by atoms with E-state index < -0.39 is 22.2 Å². The second kappa shape index (κ2) is 7.68. The number of halogens is 4. The monoisotopic (exact) mass is 411 g/mol. The normalized spacial score (nSPS) is 10.5. The highest BCUT2D eigenvalue weighted by Crippen LogP contribution is 2.34. The molecule has 0 spiro atoms. The number of hydrogen-bond donors (Lipinski definition) is 2. The van der Waals surface area contributed by atoms with Crippen molar-refractivity contribution in [3.63, 3.8) is 0 Å². The zero-order chi connectivity index (χ0) is 19.6. The van der Waals surface area contributed by atoms with Crippen LogP contribution in [0.2, 0.25) is 10.0 Å². The van der Waals surface area contributed by atoms with Crippen LogP contribution in [-0.4, -0.2) is 14.9 Å². The molecule has 0 aliphatic rings. The molecule has 3 rings (SSSR count). The topological polar surface area (TPSA) is 93.0 Å². The smallest absolute Gasteiger partial charge is 0.334 e. The fourth-order valence-corrected chi connectivity index (χ4v) is 2.46. The first-order valence-corrected chi connectivity index (χ1v) is 8.04. The molecule has 2 aromatic carbocycles. The van der Waals surface area contributed by atoms with E-state index in [0.717, 1.165) is 18.5 Å². The summed E-state index contributed by atoms with van der Waals surface area (Å²) < 4.78 is 26.9. The predicted octanol–water partition coefficient (Wildman–Crippen LogP) is 5.46. The highest BCUT2D eigenvalue weighted by Gasteiger charge is 2.24. The highest BCUT2D eigenvalue weighted by atomic mass is 35.5. The molecule has 7 nitrogen and oxygen atoms in total. The van der Waals surface area contributed by atoms with Crippen LogP contribution in [0.1, 0.15) is 0 Å². The number of rotatable bonds is 5. The van der Waals surface area contributed by atoms with Gasteiger partial charge in [-0.2, -0.15) is 0 Å². The van der Waals surface area contributed by atoms with Crippen molar-refractivity contribution < 1.29 is 13.7 Å². The molecule has 0 saturated carbocycles. The van der Waals surface area contributed by atoms with Gasteiger partial charge in [-0.3, -0.25) is 10.1 Å². The molecule has 2 N–H and O–H groups in total. The molecule has 0 bridgehead atoms. The average molecular weight is 412 g/mol. The first-order chi connectivity index (χ1) is 12.8. The molecule has 0 saturated heterocycles. The third kappa shape index (κ3) is 4.21. The maximum absolute atomic E-state index is 13.8. The minimum atomic E-state index is -0.929. The molecule has 138 valence electrons. The number of aromatic nitrogens is 2. The molecule has 1 heterocycles. The van der Waals surface area contributed by atoms with Gasteiger partial charge in [-0.15, -0.1) is 0 Å². The van der Waals surface area contributed by atoms with Crippen LogP contribution in [0.15, 0.2) is 42.7 Å². The Morgan fingerprint density at radius 2 is 1.67 bits per heavy atom. The fraction of sp³-hybridized carbons (Fsp3) is 0. The van der Waals surface area contributed by atoms with Crippen molar-refractivity contribution in [1.82, 2.24) is 9.97 Å². The third-order valence-corrected chi connectivity index (χ3v) is 4.11. The van der Waals surface area contributed by atoms with Gasteiger partial charge in [0.1, 0.15) is 18.0 Å². The van der Waals surface area contributed by atoms with Crippen LogP contribution in [0.3, 0.4) is 0 Å². The molecular formula is C16H9Cl2F2N5O2. The maximum Gasteiger partial charge on any atom is 0.353 e. The van der Waals surface area contributed by atoms with Crippen LogP contribution in [0, 0.1) is 21.7 Å². The van der Waals surface area contributed by atoms with Crippen LogP contribution < -0.4 is 10.6 Å². The van der Waals surface area contributed by atoms with Crippen LogP contribution in [0.25, 0.3) is 0 Å². The number of hydrogen-bond acceptors (Lipinski definition) is 6. The van der Waals surface area contributed by atoms with Crippen LogP contribution in [-0.2, 0) is 0 Å². The second-order valence-corrected chi connectivity index (χ2v) is 5.99. The lowest BCUT2D eigenvalue weighted by atomic mass is 10.3. The number of anilines is 4. The van der Waals surface area contributed by atoms with Gasteiger partial charge in [0.15, 0.2) is 0 Å². The van der Waals surface area contributed by atoms with E-state index in [1.165, 1.54) is 12.1 Å². The minimum absolute atomic E-state index is 0.154. The summed E-state index contributed by atoms with van der Waals surface area (Å²) in [5.41, 5.74) is -0.323. The molecule has 0 fully saturated rings. The number of benzene rings is 2. The van der Waals surface area contributed by atoms with E-state index in [1.54, 1.807) is 6.07 Å². The molecule has 0 atom stereocenters. The lowest BCUT2D eigenvalue weighted by Gasteiger charge is -2.11. The van der Waals surface area contributed by atoms with Gasteiger partial charge in [0, 0.05) is 11.8 Å². The largest absolute Gasteiger partial charge is 0.353 e. The molecule has 0 aliphatic carbocycles. The number of nitrogens with zero attached hydrogens (tertiary/aromatic N) is 3. The number of nitrogens with one attached hydrogen (secondary N) is 2. The molecule has 0 unspecified atom stereocenters.